The van der Waals surface area contributed by atoms with E-state index in [9.17, 15) is 9.90 Å². The number of rotatable bonds is 4. The summed E-state index contributed by atoms with van der Waals surface area (Å²) in [7, 11) is 3.68. The van der Waals surface area contributed by atoms with Gasteiger partial charge in [0.25, 0.3) is 0 Å². The maximum atomic E-state index is 12.1. The molecule has 7 heteroatoms. The molecule has 0 aromatic carbocycles. The van der Waals surface area contributed by atoms with Gasteiger partial charge in [0.2, 0.25) is 5.91 Å². The summed E-state index contributed by atoms with van der Waals surface area (Å²) >= 11 is 0. The zero-order chi connectivity index (χ0) is 16.6. The van der Waals surface area contributed by atoms with Gasteiger partial charge >= 0.3 is 0 Å². The van der Waals surface area contributed by atoms with Gasteiger partial charge in [-0.25, -0.2) is 0 Å². The van der Waals surface area contributed by atoms with Crippen LogP contribution in [0.2, 0.25) is 0 Å². The molecular weight excluding hydrogens is 294 g/mol. The van der Waals surface area contributed by atoms with E-state index in [0.717, 1.165) is 11.4 Å². The van der Waals surface area contributed by atoms with E-state index in [-0.39, 0.29) is 23.7 Å². The van der Waals surface area contributed by atoms with Crippen molar-refractivity contribution in [2.75, 3.05) is 7.05 Å². The van der Waals surface area contributed by atoms with E-state index in [4.69, 9.17) is 0 Å². The number of aromatic hydroxyl groups is 1. The number of pyridine rings is 1. The molecule has 2 N–H and O–H groups in total. The number of aromatic nitrogens is 3. The third kappa shape index (κ3) is 2.92. The Balaban J connectivity index is 1.79. The molecule has 1 aliphatic rings. The van der Waals surface area contributed by atoms with Gasteiger partial charge in [0, 0.05) is 45.0 Å². The summed E-state index contributed by atoms with van der Waals surface area (Å²) in [5.41, 5.74) is 2.43. The third-order valence-corrected chi connectivity index (χ3v) is 4.37. The molecule has 1 amide bonds. The highest BCUT2D eigenvalue weighted by Crippen LogP contribution is 2.31. The Bertz CT molecular complexity index is 727. The first-order chi connectivity index (χ1) is 11.0. The highest BCUT2D eigenvalue weighted by Gasteiger charge is 2.39. The summed E-state index contributed by atoms with van der Waals surface area (Å²) in [4.78, 5) is 18.2. The number of hydrogen-bond acceptors (Lipinski definition) is 5. The monoisotopic (exact) mass is 315 g/mol. The molecule has 2 aromatic heterocycles. The Morgan fingerprint density at radius 3 is 2.83 bits per heavy atom. The van der Waals surface area contributed by atoms with Crippen LogP contribution in [0.25, 0.3) is 0 Å². The first-order valence-corrected chi connectivity index (χ1v) is 7.60. The van der Waals surface area contributed by atoms with Crippen molar-refractivity contribution < 1.29 is 9.90 Å². The van der Waals surface area contributed by atoms with Crippen LogP contribution in [-0.2, 0) is 18.4 Å². The maximum Gasteiger partial charge on any atom is 0.224 e. The highest BCUT2D eigenvalue weighted by molar-refractivity contribution is 5.80. The lowest BCUT2D eigenvalue weighted by atomic mass is 10.1. The zero-order valence-electron chi connectivity index (χ0n) is 13.5. The molecule has 2 atom stereocenters. The lowest BCUT2D eigenvalue weighted by molar-refractivity contribution is -0.127. The van der Waals surface area contributed by atoms with Crippen LogP contribution in [0.1, 0.15) is 29.5 Å². The number of nitrogens with one attached hydrogen (secondary N) is 1. The van der Waals surface area contributed by atoms with Crippen molar-refractivity contribution in [3.63, 3.8) is 0 Å². The van der Waals surface area contributed by atoms with Crippen LogP contribution in [0.3, 0.4) is 0 Å². The Morgan fingerprint density at radius 2 is 2.13 bits per heavy atom. The molecule has 1 saturated heterocycles. The van der Waals surface area contributed by atoms with Crippen molar-refractivity contribution in [2.24, 2.45) is 7.05 Å². The minimum Gasteiger partial charge on any atom is -0.506 e. The average molecular weight is 315 g/mol. The smallest absolute Gasteiger partial charge is 0.224 e. The fourth-order valence-electron chi connectivity index (χ4n) is 3.09. The third-order valence-electron chi connectivity index (χ3n) is 4.37. The first kappa shape index (κ1) is 15.5. The number of likely N-dealkylation sites (tertiary alicyclic amines) is 1. The van der Waals surface area contributed by atoms with Crippen LogP contribution < -0.4 is 5.32 Å². The van der Waals surface area contributed by atoms with Gasteiger partial charge in [-0.3, -0.25) is 14.5 Å². The highest BCUT2D eigenvalue weighted by atomic mass is 16.3. The molecule has 2 aromatic rings. The molecule has 0 bridgehead atoms. The van der Waals surface area contributed by atoms with Gasteiger partial charge in [-0.05, 0) is 25.1 Å². The van der Waals surface area contributed by atoms with Crippen molar-refractivity contribution in [1.82, 2.24) is 25.0 Å². The molecule has 7 nitrogen and oxygen atoms in total. The van der Waals surface area contributed by atoms with Gasteiger partial charge in [-0.15, -0.1) is 0 Å². The SMILES string of the molecule is Cc1ccc(O)c(CN[C@@H]2CC(=O)N(C)[C@H]2c2ccnn2C)n1. The Morgan fingerprint density at radius 1 is 1.35 bits per heavy atom. The summed E-state index contributed by atoms with van der Waals surface area (Å²) in [5.74, 6) is 0.257. The van der Waals surface area contributed by atoms with Gasteiger partial charge in [-0.2, -0.15) is 5.10 Å². The number of carbonyl (C=O) groups excluding carboxylic acids is 1. The summed E-state index contributed by atoms with van der Waals surface area (Å²) in [5, 5.41) is 17.5. The maximum absolute atomic E-state index is 12.1. The lowest BCUT2D eigenvalue weighted by Gasteiger charge is -2.25. The predicted octanol–water partition coefficient (Wildman–Crippen LogP) is 0.891. The van der Waals surface area contributed by atoms with Gasteiger partial charge in [-0.1, -0.05) is 0 Å². The van der Waals surface area contributed by atoms with Crippen molar-refractivity contribution in [3.8, 4) is 5.75 Å². The fourth-order valence-corrected chi connectivity index (χ4v) is 3.09. The molecule has 0 spiro atoms. The molecule has 3 heterocycles. The summed E-state index contributed by atoms with van der Waals surface area (Å²) in [6, 6.07) is 5.21. The van der Waals surface area contributed by atoms with Crippen LogP contribution in [0, 0.1) is 6.92 Å². The number of amides is 1. The Labute approximate surface area is 134 Å². The van der Waals surface area contributed by atoms with Crippen LogP contribution in [-0.4, -0.2) is 43.8 Å². The number of nitrogens with zero attached hydrogens (tertiary/aromatic N) is 4. The first-order valence-electron chi connectivity index (χ1n) is 7.60. The van der Waals surface area contributed by atoms with Crippen molar-refractivity contribution in [3.05, 3.63) is 41.5 Å². The second-order valence-electron chi connectivity index (χ2n) is 5.94. The molecule has 0 radical (unpaired) electrons. The minimum absolute atomic E-state index is 0.0513. The molecule has 23 heavy (non-hydrogen) atoms. The summed E-state index contributed by atoms with van der Waals surface area (Å²) < 4.78 is 1.79. The van der Waals surface area contributed by atoms with E-state index >= 15 is 0 Å². The molecule has 0 unspecified atom stereocenters. The van der Waals surface area contributed by atoms with Crippen LogP contribution in [0.15, 0.2) is 24.4 Å². The standard InChI is InChI=1S/C16H21N5O2/c1-10-4-5-14(22)12(19-10)9-17-11-8-15(23)20(2)16(11)13-6-7-18-21(13)3/h4-7,11,16-17,22H,8-9H2,1-3H3/t11-,16-/m1/s1. The predicted molar refractivity (Wildman–Crippen MR) is 84.6 cm³/mol. The lowest BCUT2D eigenvalue weighted by Crippen LogP contribution is -2.36. The van der Waals surface area contributed by atoms with Crippen molar-refractivity contribution in [2.45, 2.75) is 32.0 Å². The second kappa shape index (κ2) is 6.00. The van der Waals surface area contributed by atoms with Gasteiger partial charge in [0.05, 0.1) is 17.4 Å². The van der Waals surface area contributed by atoms with Crippen LogP contribution in [0.5, 0.6) is 5.75 Å². The van der Waals surface area contributed by atoms with Gasteiger partial charge < -0.3 is 15.3 Å². The molecule has 1 aliphatic heterocycles. The van der Waals surface area contributed by atoms with E-state index < -0.39 is 0 Å². The quantitative estimate of drug-likeness (QED) is 0.875. The second-order valence-corrected chi connectivity index (χ2v) is 5.94. The van der Waals surface area contributed by atoms with Crippen molar-refractivity contribution in [1.29, 1.82) is 0 Å². The van der Waals surface area contributed by atoms with Crippen LogP contribution in [0.4, 0.5) is 0 Å². The molecular formula is C16H21N5O2. The molecule has 3 rings (SSSR count). The minimum atomic E-state index is -0.0815. The Hall–Kier alpha value is -2.41. The normalized spacial score (nSPS) is 21.2. The zero-order valence-corrected chi connectivity index (χ0v) is 13.5. The van der Waals surface area contributed by atoms with Crippen molar-refractivity contribution >= 4 is 5.91 Å². The fraction of sp³-hybridized carbons (Fsp3) is 0.438. The van der Waals surface area contributed by atoms with E-state index in [0.29, 0.717) is 18.7 Å². The molecule has 0 saturated carbocycles. The average Bonchev–Trinajstić information content (AvgIpc) is 3.04. The molecule has 0 aliphatic carbocycles. The van der Waals surface area contributed by atoms with E-state index in [1.54, 1.807) is 27.9 Å². The number of aryl methyl sites for hydroxylation is 2. The Kier molecular flexibility index (Phi) is 4.04. The number of likely N-dealkylation sites (N-methyl/N-ethyl adjacent to an activating group) is 1. The van der Waals surface area contributed by atoms with Gasteiger partial charge in [0.1, 0.15) is 5.75 Å². The van der Waals surface area contributed by atoms with E-state index in [1.165, 1.54) is 0 Å². The van der Waals surface area contributed by atoms with E-state index in [2.05, 4.69) is 15.4 Å². The summed E-state index contributed by atoms with van der Waals surface area (Å²) in [6.07, 6.45) is 2.15. The number of carbonyl (C=O) groups is 1. The van der Waals surface area contributed by atoms with Gasteiger partial charge in [0.15, 0.2) is 0 Å². The molecule has 122 valence electrons. The topological polar surface area (TPSA) is 83.3 Å². The summed E-state index contributed by atoms with van der Waals surface area (Å²) in [6.45, 7) is 2.29. The van der Waals surface area contributed by atoms with Crippen LogP contribution >= 0.6 is 0 Å². The number of hydrogen-bond donors (Lipinski definition) is 2. The largest absolute Gasteiger partial charge is 0.506 e. The van der Waals surface area contributed by atoms with E-state index in [1.807, 2.05) is 27.1 Å². The molecule has 1 fully saturated rings.